The highest BCUT2D eigenvalue weighted by atomic mass is 35.5. The summed E-state index contributed by atoms with van der Waals surface area (Å²) >= 11 is 12.8. The number of hydrogen-bond acceptors (Lipinski definition) is 8. The van der Waals surface area contributed by atoms with Crippen LogP contribution in [0.4, 0.5) is 5.69 Å². The Morgan fingerprint density at radius 2 is 1.59 bits per heavy atom. The standard InChI is InChI=1S/C28H23Cl2NO8/c1-36-19-11-6-5-10-16(19)22-20(23(32)17-13-18(29)26(38-3)21(30)25(17)37-2)24(33)27(34)31(22)15-9-7-8-14(12-15)28(35)39-4/h5-13,22,32H,1-4H3/b23-20+. The number of rotatable bonds is 7. The highest BCUT2D eigenvalue weighted by Gasteiger charge is 2.48. The van der Waals surface area contributed by atoms with Gasteiger partial charge in [-0.1, -0.05) is 47.5 Å². The first-order valence-electron chi connectivity index (χ1n) is 11.4. The van der Waals surface area contributed by atoms with Gasteiger partial charge in [-0.2, -0.15) is 0 Å². The quantitative estimate of drug-likeness (QED) is 0.173. The smallest absolute Gasteiger partial charge is 0.337 e. The number of nitrogens with zero attached hydrogens (tertiary/aromatic N) is 1. The number of carbonyl (C=O) groups is 3. The highest BCUT2D eigenvalue weighted by Crippen LogP contribution is 2.49. The van der Waals surface area contributed by atoms with Crippen LogP contribution in [0.15, 0.2) is 60.2 Å². The van der Waals surface area contributed by atoms with E-state index in [1.807, 2.05) is 0 Å². The molecule has 1 atom stereocenters. The number of benzene rings is 3. The molecule has 1 heterocycles. The van der Waals surface area contributed by atoms with Gasteiger partial charge >= 0.3 is 5.97 Å². The molecule has 202 valence electrons. The monoisotopic (exact) mass is 571 g/mol. The molecule has 0 bridgehead atoms. The molecule has 39 heavy (non-hydrogen) atoms. The number of hydrogen-bond donors (Lipinski definition) is 1. The zero-order valence-electron chi connectivity index (χ0n) is 21.3. The molecule has 1 N–H and O–H groups in total. The van der Waals surface area contributed by atoms with Gasteiger partial charge in [0.05, 0.1) is 56.2 Å². The third kappa shape index (κ3) is 4.75. The van der Waals surface area contributed by atoms with Crippen LogP contribution in [-0.2, 0) is 14.3 Å². The van der Waals surface area contributed by atoms with Gasteiger partial charge in [0, 0.05) is 11.3 Å². The number of Topliss-reactive ketones (excluding diaryl/α,β-unsaturated/α-hetero) is 1. The van der Waals surface area contributed by atoms with Crippen LogP contribution < -0.4 is 19.1 Å². The highest BCUT2D eigenvalue weighted by molar-refractivity contribution is 6.52. The van der Waals surface area contributed by atoms with Gasteiger partial charge in [0.1, 0.15) is 16.5 Å². The third-order valence-electron chi connectivity index (χ3n) is 6.22. The lowest BCUT2D eigenvalue weighted by atomic mass is 9.94. The number of para-hydroxylation sites is 1. The minimum absolute atomic E-state index is 0.0203. The molecular weight excluding hydrogens is 549 g/mol. The summed E-state index contributed by atoms with van der Waals surface area (Å²) in [6.45, 7) is 0. The number of aliphatic hydroxyl groups is 1. The van der Waals surface area contributed by atoms with Crippen LogP contribution in [0.1, 0.15) is 27.5 Å². The lowest BCUT2D eigenvalue weighted by Gasteiger charge is -2.27. The molecule has 1 aliphatic heterocycles. The van der Waals surface area contributed by atoms with Crippen LogP contribution in [-0.4, -0.2) is 51.2 Å². The van der Waals surface area contributed by atoms with Crippen molar-refractivity contribution in [3.8, 4) is 17.2 Å². The molecule has 0 saturated carbocycles. The average Bonchev–Trinajstić information content (AvgIpc) is 3.21. The SMILES string of the molecule is COC(=O)c1cccc(N2C(=O)C(=O)/C(=C(/O)c3cc(Cl)c(OC)c(Cl)c3OC)C2c2ccccc2OC)c1. The number of carbonyl (C=O) groups excluding carboxylic acids is 3. The van der Waals surface area contributed by atoms with Crippen LogP contribution in [0.2, 0.25) is 10.0 Å². The lowest BCUT2D eigenvalue weighted by molar-refractivity contribution is -0.132. The van der Waals surface area contributed by atoms with Gasteiger partial charge in [-0.3, -0.25) is 14.5 Å². The summed E-state index contributed by atoms with van der Waals surface area (Å²) < 4.78 is 21.0. The fourth-order valence-corrected chi connectivity index (χ4v) is 5.16. The fraction of sp³-hybridized carbons (Fsp3) is 0.179. The van der Waals surface area contributed by atoms with Crippen molar-refractivity contribution in [3.63, 3.8) is 0 Å². The Morgan fingerprint density at radius 3 is 2.23 bits per heavy atom. The predicted octanol–water partition coefficient (Wildman–Crippen LogP) is 5.43. The minimum Gasteiger partial charge on any atom is -0.507 e. The number of esters is 1. The molecule has 1 saturated heterocycles. The van der Waals surface area contributed by atoms with E-state index in [1.165, 1.54) is 51.5 Å². The Morgan fingerprint density at radius 1 is 0.897 bits per heavy atom. The van der Waals surface area contributed by atoms with Crippen molar-refractivity contribution >= 4 is 52.3 Å². The molecule has 1 aliphatic rings. The van der Waals surface area contributed by atoms with Gasteiger partial charge < -0.3 is 24.1 Å². The summed E-state index contributed by atoms with van der Waals surface area (Å²) in [5.74, 6) is -2.71. The van der Waals surface area contributed by atoms with E-state index >= 15 is 0 Å². The molecule has 4 rings (SSSR count). The molecule has 0 aliphatic carbocycles. The van der Waals surface area contributed by atoms with Gasteiger partial charge in [0.15, 0.2) is 11.5 Å². The van der Waals surface area contributed by atoms with Crippen molar-refractivity contribution in [1.82, 2.24) is 0 Å². The maximum Gasteiger partial charge on any atom is 0.337 e. The molecule has 1 unspecified atom stereocenters. The molecule has 3 aromatic carbocycles. The van der Waals surface area contributed by atoms with E-state index in [1.54, 1.807) is 36.4 Å². The second kappa shape index (κ2) is 11.3. The predicted molar refractivity (Wildman–Crippen MR) is 145 cm³/mol. The molecule has 11 heteroatoms. The first-order valence-corrected chi connectivity index (χ1v) is 12.2. The molecule has 1 amide bonds. The first kappa shape index (κ1) is 27.8. The molecule has 9 nitrogen and oxygen atoms in total. The Labute approximate surface area is 234 Å². The maximum atomic E-state index is 13.6. The van der Waals surface area contributed by atoms with Crippen LogP contribution >= 0.6 is 23.2 Å². The maximum absolute atomic E-state index is 13.6. The molecule has 0 spiro atoms. The summed E-state index contributed by atoms with van der Waals surface area (Å²) in [6, 6.07) is 12.9. The van der Waals surface area contributed by atoms with Gasteiger partial charge in [-0.05, 0) is 30.3 Å². The van der Waals surface area contributed by atoms with Crippen LogP contribution in [0.25, 0.3) is 5.76 Å². The molecular formula is C28H23Cl2NO8. The van der Waals surface area contributed by atoms with Crippen molar-refractivity contribution in [1.29, 1.82) is 0 Å². The second-order valence-corrected chi connectivity index (χ2v) is 9.02. The Balaban J connectivity index is 2.05. The van der Waals surface area contributed by atoms with E-state index in [-0.39, 0.29) is 43.9 Å². The molecule has 3 aromatic rings. The van der Waals surface area contributed by atoms with Crippen molar-refractivity contribution in [2.75, 3.05) is 33.3 Å². The average molecular weight is 572 g/mol. The van der Waals surface area contributed by atoms with Crippen molar-refractivity contribution in [3.05, 3.63) is 86.9 Å². The van der Waals surface area contributed by atoms with Crippen molar-refractivity contribution in [2.24, 2.45) is 0 Å². The Hall–Kier alpha value is -4.21. The van der Waals surface area contributed by atoms with Crippen LogP contribution in [0.5, 0.6) is 17.2 Å². The van der Waals surface area contributed by atoms with E-state index in [2.05, 4.69) is 0 Å². The van der Waals surface area contributed by atoms with E-state index in [0.29, 0.717) is 11.3 Å². The third-order valence-corrected chi connectivity index (χ3v) is 6.84. The van der Waals surface area contributed by atoms with Crippen LogP contribution in [0.3, 0.4) is 0 Å². The van der Waals surface area contributed by atoms with Gasteiger partial charge in [-0.15, -0.1) is 0 Å². The Bertz CT molecular complexity index is 1520. The summed E-state index contributed by atoms with van der Waals surface area (Å²) in [5.41, 5.74) is 0.464. The van der Waals surface area contributed by atoms with Gasteiger partial charge in [0.2, 0.25) is 0 Å². The largest absolute Gasteiger partial charge is 0.507 e. The van der Waals surface area contributed by atoms with Crippen molar-refractivity contribution in [2.45, 2.75) is 6.04 Å². The number of amides is 1. The normalized spacial score (nSPS) is 16.3. The lowest BCUT2D eigenvalue weighted by Crippen LogP contribution is -2.29. The molecule has 1 fully saturated rings. The number of ketones is 1. The number of ether oxygens (including phenoxy) is 4. The minimum atomic E-state index is -1.17. The van der Waals surface area contributed by atoms with Gasteiger partial charge in [0.25, 0.3) is 11.7 Å². The van der Waals surface area contributed by atoms with Crippen LogP contribution in [0, 0.1) is 0 Å². The second-order valence-electron chi connectivity index (χ2n) is 8.24. The number of aliphatic hydroxyl groups excluding tert-OH is 1. The van der Waals surface area contributed by atoms with Gasteiger partial charge in [-0.25, -0.2) is 4.79 Å². The fourth-order valence-electron chi connectivity index (χ4n) is 4.48. The topological polar surface area (TPSA) is 112 Å². The zero-order chi connectivity index (χ0) is 28.4. The molecule has 0 radical (unpaired) electrons. The number of anilines is 1. The summed E-state index contributed by atoms with van der Waals surface area (Å²) in [6.07, 6.45) is 0. The molecule has 0 aromatic heterocycles. The zero-order valence-corrected chi connectivity index (χ0v) is 22.8. The Kier molecular flexibility index (Phi) is 8.03. The van der Waals surface area contributed by atoms with E-state index in [9.17, 15) is 19.5 Å². The van der Waals surface area contributed by atoms with Crippen molar-refractivity contribution < 1.29 is 38.4 Å². The number of halogens is 2. The van der Waals surface area contributed by atoms with E-state index in [0.717, 1.165) is 0 Å². The van der Waals surface area contributed by atoms with E-state index < -0.39 is 29.5 Å². The summed E-state index contributed by atoms with van der Waals surface area (Å²) in [4.78, 5) is 40.5. The summed E-state index contributed by atoms with van der Waals surface area (Å²) in [7, 11) is 5.35. The number of methoxy groups -OCH3 is 4. The first-order chi connectivity index (χ1) is 18.7. The summed E-state index contributed by atoms with van der Waals surface area (Å²) in [5, 5.41) is 11.6. The van der Waals surface area contributed by atoms with E-state index in [4.69, 9.17) is 42.1 Å².